The van der Waals surface area contributed by atoms with E-state index < -0.39 is 0 Å². The molecule has 1 fully saturated rings. The third-order valence-corrected chi connectivity index (χ3v) is 3.96. The van der Waals surface area contributed by atoms with Gasteiger partial charge in [0.1, 0.15) is 6.61 Å². The second-order valence-corrected chi connectivity index (χ2v) is 5.58. The maximum Gasteiger partial charge on any atom is 0.255 e. The summed E-state index contributed by atoms with van der Waals surface area (Å²) in [5, 5.41) is 6.29. The molecule has 5 nitrogen and oxygen atoms in total. The van der Waals surface area contributed by atoms with E-state index in [9.17, 15) is 4.79 Å². The van der Waals surface area contributed by atoms with Crippen LogP contribution >= 0.6 is 0 Å². The van der Waals surface area contributed by atoms with E-state index >= 15 is 0 Å². The molecular formula is C15H21N3O2. The van der Waals surface area contributed by atoms with Gasteiger partial charge in [0.15, 0.2) is 5.75 Å². The molecule has 1 aromatic rings. The van der Waals surface area contributed by atoms with Crippen LogP contribution in [0, 0.1) is 5.92 Å². The summed E-state index contributed by atoms with van der Waals surface area (Å²) < 4.78 is 5.63. The SMILES string of the molecule is CN1CCC(CNC(=O)c2cccc3c2OCCN3)C1. The predicted octanol–water partition coefficient (Wildman–Crippen LogP) is 1.17. The van der Waals surface area contributed by atoms with Gasteiger partial charge in [-0.25, -0.2) is 0 Å². The monoisotopic (exact) mass is 275 g/mol. The van der Waals surface area contributed by atoms with Crippen LogP contribution in [0.5, 0.6) is 5.75 Å². The molecule has 1 unspecified atom stereocenters. The van der Waals surface area contributed by atoms with Gasteiger partial charge in [-0.1, -0.05) is 6.07 Å². The van der Waals surface area contributed by atoms with Gasteiger partial charge in [0, 0.05) is 19.6 Å². The smallest absolute Gasteiger partial charge is 0.255 e. The number of carbonyl (C=O) groups excluding carboxylic acids is 1. The van der Waals surface area contributed by atoms with Gasteiger partial charge >= 0.3 is 0 Å². The van der Waals surface area contributed by atoms with Gasteiger partial charge in [-0.15, -0.1) is 0 Å². The lowest BCUT2D eigenvalue weighted by Gasteiger charge is -2.21. The molecule has 1 atom stereocenters. The molecule has 0 radical (unpaired) electrons. The van der Waals surface area contributed by atoms with Crippen LogP contribution in [-0.4, -0.2) is 50.6 Å². The normalized spacial score (nSPS) is 21.8. The number of rotatable bonds is 3. The third kappa shape index (κ3) is 2.72. The average Bonchev–Trinajstić information content (AvgIpc) is 2.90. The van der Waals surface area contributed by atoms with Crippen LogP contribution in [0.4, 0.5) is 5.69 Å². The van der Waals surface area contributed by atoms with Crippen molar-refractivity contribution >= 4 is 11.6 Å². The van der Waals surface area contributed by atoms with Crippen molar-refractivity contribution in [3.8, 4) is 5.75 Å². The van der Waals surface area contributed by atoms with E-state index in [-0.39, 0.29) is 5.91 Å². The van der Waals surface area contributed by atoms with Crippen molar-refractivity contribution in [2.45, 2.75) is 6.42 Å². The first-order valence-electron chi connectivity index (χ1n) is 7.20. The minimum Gasteiger partial charge on any atom is -0.489 e. The van der Waals surface area contributed by atoms with Crippen LogP contribution in [0.3, 0.4) is 0 Å². The molecule has 0 aromatic heterocycles. The molecule has 1 saturated heterocycles. The fourth-order valence-corrected chi connectivity index (χ4v) is 2.87. The fraction of sp³-hybridized carbons (Fsp3) is 0.533. The van der Waals surface area contributed by atoms with Crippen molar-refractivity contribution in [3.05, 3.63) is 23.8 Å². The van der Waals surface area contributed by atoms with Crippen molar-refractivity contribution < 1.29 is 9.53 Å². The van der Waals surface area contributed by atoms with Crippen molar-refractivity contribution in [1.29, 1.82) is 0 Å². The van der Waals surface area contributed by atoms with Crippen molar-refractivity contribution in [2.24, 2.45) is 5.92 Å². The first kappa shape index (κ1) is 13.2. The van der Waals surface area contributed by atoms with E-state index in [4.69, 9.17) is 4.74 Å². The van der Waals surface area contributed by atoms with Crippen LogP contribution in [0.25, 0.3) is 0 Å². The van der Waals surface area contributed by atoms with Crippen LogP contribution in [0.15, 0.2) is 18.2 Å². The molecular weight excluding hydrogens is 254 g/mol. The largest absolute Gasteiger partial charge is 0.489 e. The molecule has 0 spiro atoms. The quantitative estimate of drug-likeness (QED) is 0.869. The number of carbonyl (C=O) groups is 1. The topological polar surface area (TPSA) is 53.6 Å². The van der Waals surface area contributed by atoms with Gasteiger partial charge < -0.3 is 20.3 Å². The molecule has 3 rings (SSSR count). The van der Waals surface area contributed by atoms with E-state index in [0.29, 0.717) is 23.8 Å². The summed E-state index contributed by atoms with van der Waals surface area (Å²) in [5.41, 5.74) is 1.53. The van der Waals surface area contributed by atoms with Gasteiger partial charge in [0.05, 0.1) is 11.3 Å². The van der Waals surface area contributed by atoms with Gasteiger partial charge in [0.2, 0.25) is 0 Å². The first-order chi connectivity index (χ1) is 9.74. The zero-order valence-corrected chi connectivity index (χ0v) is 11.8. The summed E-state index contributed by atoms with van der Waals surface area (Å²) in [6.07, 6.45) is 1.15. The summed E-state index contributed by atoms with van der Waals surface area (Å²) in [4.78, 5) is 14.6. The van der Waals surface area contributed by atoms with Gasteiger partial charge in [0.25, 0.3) is 5.91 Å². The molecule has 2 aliphatic heterocycles. The number of nitrogens with one attached hydrogen (secondary N) is 2. The Morgan fingerprint density at radius 2 is 2.45 bits per heavy atom. The van der Waals surface area contributed by atoms with Crippen LogP contribution < -0.4 is 15.4 Å². The molecule has 0 bridgehead atoms. The first-order valence-corrected chi connectivity index (χ1v) is 7.20. The van der Waals surface area contributed by atoms with Crippen LogP contribution in [0.1, 0.15) is 16.8 Å². The molecule has 2 N–H and O–H groups in total. The molecule has 0 saturated carbocycles. The number of nitrogens with zero attached hydrogens (tertiary/aromatic N) is 1. The second kappa shape index (κ2) is 5.71. The van der Waals surface area contributed by atoms with Gasteiger partial charge in [-0.2, -0.15) is 0 Å². The highest BCUT2D eigenvalue weighted by Gasteiger charge is 2.22. The Morgan fingerprint density at radius 3 is 3.25 bits per heavy atom. The Kier molecular flexibility index (Phi) is 3.78. The van der Waals surface area contributed by atoms with E-state index in [1.807, 2.05) is 18.2 Å². The second-order valence-electron chi connectivity index (χ2n) is 5.58. The number of hydrogen-bond acceptors (Lipinski definition) is 4. The van der Waals surface area contributed by atoms with E-state index in [1.165, 1.54) is 0 Å². The van der Waals surface area contributed by atoms with Crippen molar-refractivity contribution in [3.63, 3.8) is 0 Å². The molecule has 108 valence electrons. The van der Waals surface area contributed by atoms with Gasteiger partial charge in [-0.3, -0.25) is 4.79 Å². The Bertz CT molecular complexity index is 504. The average molecular weight is 275 g/mol. The molecule has 20 heavy (non-hydrogen) atoms. The van der Waals surface area contributed by atoms with Crippen LogP contribution in [0.2, 0.25) is 0 Å². The highest BCUT2D eigenvalue weighted by Crippen LogP contribution is 2.31. The Hall–Kier alpha value is -1.75. The number of benzene rings is 1. The number of hydrogen-bond donors (Lipinski definition) is 2. The lowest BCUT2D eigenvalue weighted by atomic mass is 10.1. The Morgan fingerprint density at radius 1 is 1.55 bits per heavy atom. The zero-order valence-electron chi connectivity index (χ0n) is 11.8. The highest BCUT2D eigenvalue weighted by molar-refractivity contribution is 5.98. The minimum absolute atomic E-state index is 0.0416. The molecule has 1 aromatic carbocycles. The Balaban J connectivity index is 1.65. The summed E-state index contributed by atoms with van der Waals surface area (Å²) in [6.45, 7) is 4.30. The van der Waals surface area contributed by atoms with Crippen molar-refractivity contribution in [2.75, 3.05) is 45.2 Å². The molecule has 1 amide bonds. The highest BCUT2D eigenvalue weighted by atomic mass is 16.5. The number of amides is 1. The minimum atomic E-state index is -0.0416. The Labute approximate surface area is 119 Å². The standard InChI is InChI=1S/C15H21N3O2/c1-18-7-5-11(10-18)9-17-15(19)12-3-2-4-13-14(12)20-8-6-16-13/h2-4,11,16H,5-10H2,1H3,(H,17,19). The molecule has 5 heteroatoms. The number of likely N-dealkylation sites (tertiary alicyclic amines) is 1. The summed E-state index contributed by atoms with van der Waals surface area (Å²) in [6, 6.07) is 5.65. The number of fused-ring (bicyclic) bond motifs is 1. The van der Waals surface area contributed by atoms with Crippen LogP contribution in [-0.2, 0) is 0 Å². The molecule has 2 heterocycles. The fourth-order valence-electron chi connectivity index (χ4n) is 2.87. The summed E-state index contributed by atoms with van der Waals surface area (Å²) >= 11 is 0. The van der Waals surface area contributed by atoms with E-state index in [2.05, 4.69) is 22.6 Å². The number of ether oxygens (including phenoxy) is 1. The van der Waals surface area contributed by atoms with Gasteiger partial charge in [-0.05, 0) is 38.1 Å². The lowest BCUT2D eigenvalue weighted by molar-refractivity contribution is 0.0943. The third-order valence-electron chi connectivity index (χ3n) is 3.96. The maximum absolute atomic E-state index is 12.3. The maximum atomic E-state index is 12.3. The predicted molar refractivity (Wildman–Crippen MR) is 78.4 cm³/mol. The molecule has 0 aliphatic carbocycles. The summed E-state index contributed by atoms with van der Waals surface area (Å²) in [7, 11) is 2.12. The van der Waals surface area contributed by atoms with Crippen molar-refractivity contribution in [1.82, 2.24) is 10.2 Å². The number of anilines is 1. The molecule has 2 aliphatic rings. The van der Waals surface area contributed by atoms with E-state index in [1.54, 1.807) is 0 Å². The summed E-state index contributed by atoms with van der Waals surface area (Å²) in [5.74, 6) is 1.20. The van der Waals surface area contributed by atoms with E-state index in [0.717, 1.165) is 38.3 Å². The lowest BCUT2D eigenvalue weighted by Crippen LogP contribution is -2.31. The number of para-hydroxylation sites is 1. The zero-order chi connectivity index (χ0) is 13.9.